The normalized spacial score (nSPS) is 18.5. The Hall–Kier alpha value is -2.60. The number of morpholine rings is 1. The Bertz CT molecular complexity index is 762. The van der Waals surface area contributed by atoms with E-state index >= 15 is 0 Å². The van der Waals surface area contributed by atoms with Gasteiger partial charge in [0.15, 0.2) is 0 Å². The van der Waals surface area contributed by atoms with Crippen molar-refractivity contribution in [3.8, 4) is 5.75 Å². The molecule has 1 N–H and O–H groups in total. The molecular formula is C21H25N3O3. The minimum atomic E-state index is 0.0557. The second-order valence-electron chi connectivity index (χ2n) is 7.16. The fourth-order valence-electron chi connectivity index (χ4n) is 3.84. The second kappa shape index (κ2) is 7.96. The zero-order valence-electron chi connectivity index (χ0n) is 15.4. The molecule has 6 heteroatoms. The maximum atomic E-state index is 12.8. The van der Waals surface area contributed by atoms with Gasteiger partial charge < -0.3 is 19.6 Å². The SMILES string of the molecule is O=C(c1ccc(N2CCOCC2)nc1)N1CCC(c2ccc(O)cc2)CC1. The minimum absolute atomic E-state index is 0.0557. The molecular weight excluding hydrogens is 342 g/mol. The van der Waals surface area contributed by atoms with Crippen LogP contribution in [0.25, 0.3) is 0 Å². The van der Waals surface area contributed by atoms with E-state index in [1.54, 1.807) is 18.3 Å². The highest BCUT2D eigenvalue weighted by atomic mass is 16.5. The van der Waals surface area contributed by atoms with E-state index in [0.29, 0.717) is 17.2 Å². The van der Waals surface area contributed by atoms with Gasteiger partial charge in [0.25, 0.3) is 5.91 Å². The molecule has 3 heterocycles. The van der Waals surface area contributed by atoms with Crippen LogP contribution in [0, 0.1) is 0 Å². The van der Waals surface area contributed by atoms with Crippen molar-refractivity contribution in [2.45, 2.75) is 18.8 Å². The number of ether oxygens (including phenoxy) is 1. The molecule has 1 aromatic heterocycles. The zero-order valence-corrected chi connectivity index (χ0v) is 15.4. The average molecular weight is 367 g/mol. The van der Waals surface area contributed by atoms with Gasteiger partial charge in [0, 0.05) is 32.4 Å². The molecule has 6 nitrogen and oxygen atoms in total. The molecule has 1 amide bonds. The zero-order chi connectivity index (χ0) is 18.6. The summed E-state index contributed by atoms with van der Waals surface area (Å²) in [4.78, 5) is 21.4. The third kappa shape index (κ3) is 4.06. The van der Waals surface area contributed by atoms with Crippen molar-refractivity contribution in [1.29, 1.82) is 0 Å². The highest BCUT2D eigenvalue weighted by molar-refractivity contribution is 5.94. The first kappa shape index (κ1) is 17.8. The van der Waals surface area contributed by atoms with Gasteiger partial charge in [-0.3, -0.25) is 4.79 Å². The number of phenolic OH excluding ortho intramolecular Hbond substituents is 1. The first-order valence-corrected chi connectivity index (χ1v) is 9.57. The number of rotatable bonds is 3. The van der Waals surface area contributed by atoms with Gasteiger partial charge in [0.1, 0.15) is 11.6 Å². The number of carbonyl (C=O) groups is 1. The predicted molar refractivity (Wildman–Crippen MR) is 103 cm³/mol. The maximum Gasteiger partial charge on any atom is 0.255 e. The molecule has 0 bridgehead atoms. The highest BCUT2D eigenvalue weighted by Gasteiger charge is 2.25. The molecule has 2 fully saturated rings. The van der Waals surface area contributed by atoms with Crippen LogP contribution >= 0.6 is 0 Å². The van der Waals surface area contributed by atoms with Gasteiger partial charge in [-0.05, 0) is 48.6 Å². The van der Waals surface area contributed by atoms with E-state index in [1.807, 2.05) is 29.2 Å². The van der Waals surface area contributed by atoms with Crippen molar-refractivity contribution < 1.29 is 14.6 Å². The van der Waals surface area contributed by atoms with Crippen LogP contribution < -0.4 is 4.90 Å². The van der Waals surface area contributed by atoms with Gasteiger partial charge in [-0.25, -0.2) is 4.98 Å². The summed E-state index contributed by atoms with van der Waals surface area (Å²) in [6.07, 6.45) is 3.57. The van der Waals surface area contributed by atoms with Crippen LogP contribution in [0.15, 0.2) is 42.6 Å². The molecule has 2 aliphatic rings. The fraction of sp³-hybridized carbons (Fsp3) is 0.429. The molecule has 4 rings (SSSR count). The van der Waals surface area contributed by atoms with Gasteiger partial charge in [0.2, 0.25) is 0 Å². The van der Waals surface area contributed by atoms with E-state index in [4.69, 9.17) is 4.74 Å². The fourth-order valence-corrected chi connectivity index (χ4v) is 3.84. The summed E-state index contributed by atoms with van der Waals surface area (Å²) >= 11 is 0. The molecule has 142 valence electrons. The first-order chi connectivity index (χ1) is 13.2. The van der Waals surface area contributed by atoms with Crippen molar-refractivity contribution in [3.63, 3.8) is 0 Å². The number of phenols is 1. The summed E-state index contributed by atoms with van der Waals surface area (Å²) in [5.41, 5.74) is 1.88. The van der Waals surface area contributed by atoms with Crippen LogP contribution in [0.3, 0.4) is 0 Å². The standard InChI is InChI=1S/C21H25N3O3/c25-19-4-1-16(2-5-19)17-7-9-24(10-8-17)21(26)18-3-6-20(22-15-18)23-11-13-27-14-12-23/h1-6,15,17,25H,7-14H2. The van der Waals surface area contributed by atoms with E-state index in [-0.39, 0.29) is 5.91 Å². The van der Waals surface area contributed by atoms with Gasteiger partial charge in [-0.15, -0.1) is 0 Å². The highest BCUT2D eigenvalue weighted by Crippen LogP contribution is 2.29. The number of hydrogen-bond donors (Lipinski definition) is 1. The lowest BCUT2D eigenvalue weighted by Gasteiger charge is -2.32. The topological polar surface area (TPSA) is 65.9 Å². The number of nitrogens with zero attached hydrogens (tertiary/aromatic N) is 3. The van der Waals surface area contributed by atoms with Crippen molar-refractivity contribution >= 4 is 11.7 Å². The van der Waals surface area contributed by atoms with E-state index in [9.17, 15) is 9.90 Å². The van der Waals surface area contributed by atoms with Crippen molar-refractivity contribution in [3.05, 3.63) is 53.7 Å². The van der Waals surface area contributed by atoms with Crippen LogP contribution in [0.2, 0.25) is 0 Å². The third-order valence-corrected chi connectivity index (χ3v) is 5.48. The number of anilines is 1. The number of likely N-dealkylation sites (tertiary alicyclic amines) is 1. The minimum Gasteiger partial charge on any atom is -0.508 e. The average Bonchev–Trinajstić information content (AvgIpc) is 2.75. The molecule has 0 aliphatic carbocycles. The van der Waals surface area contributed by atoms with Crippen molar-refractivity contribution in [2.24, 2.45) is 0 Å². The van der Waals surface area contributed by atoms with E-state index < -0.39 is 0 Å². The summed E-state index contributed by atoms with van der Waals surface area (Å²) in [5, 5.41) is 9.43. The van der Waals surface area contributed by atoms with Gasteiger partial charge in [0.05, 0.1) is 18.8 Å². The number of carbonyl (C=O) groups excluding carboxylic acids is 1. The van der Waals surface area contributed by atoms with Crippen LogP contribution in [0.1, 0.15) is 34.7 Å². The van der Waals surface area contributed by atoms with Crippen molar-refractivity contribution in [2.75, 3.05) is 44.3 Å². The number of piperidine rings is 1. The molecule has 0 radical (unpaired) electrons. The Kier molecular flexibility index (Phi) is 5.25. The molecule has 0 unspecified atom stereocenters. The summed E-state index contributed by atoms with van der Waals surface area (Å²) in [6, 6.07) is 11.2. The number of pyridine rings is 1. The largest absolute Gasteiger partial charge is 0.508 e. The summed E-state index contributed by atoms with van der Waals surface area (Å²) < 4.78 is 5.37. The lowest BCUT2D eigenvalue weighted by molar-refractivity contribution is 0.0712. The molecule has 0 saturated carbocycles. The Morgan fingerprint density at radius 3 is 2.33 bits per heavy atom. The Morgan fingerprint density at radius 1 is 1.00 bits per heavy atom. The predicted octanol–water partition coefficient (Wildman–Crippen LogP) is 2.64. The van der Waals surface area contributed by atoms with Gasteiger partial charge >= 0.3 is 0 Å². The molecule has 0 atom stereocenters. The quantitative estimate of drug-likeness (QED) is 0.903. The van der Waals surface area contributed by atoms with Crippen LogP contribution in [-0.4, -0.2) is 60.3 Å². The van der Waals surface area contributed by atoms with Gasteiger partial charge in [-0.1, -0.05) is 12.1 Å². The number of aromatic nitrogens is 1. The molecule has 2 aliphatic heterocycles. The number of aromatic hydroxyl groups is 1. The monoisotopic (exact) mass is 367 g/mol. The summed E-state index contributed by atoms with van der Waals surface area (Å²) in [7, 11) is 0. The van der Waals surface area contributed by atoms with Crippen molar-refractivity contribution in [1.82, 2.24) is 9.88 Å². The maximum absolute atomic E-state index is 12.8. The van der Waals surface area contributed by atoms with Crippen LogP contribution in [0.5, 0.6) is 5.75 Å². The molecule has 27 heavy (non-hydrogen) atoms. The summed E-state index contributed by atoms with van der Waals surface area (Å²) in [6.45, 7) is 4.61. The smallest absolute Gasteiger partial charge is 0.255 e. The lowest BCUT2D eigenvalue weighted by Crippen LogP contribution is -2.38. The number of amides is 1. The number of hydrogen-bond acceptors (Lipinski definition) is 5. The van der Waals surface area contributed by atoms with E-state index in [0.717, 1.165) is 58.1 Å². The van der Waals surface area contributed by atoms with Crippen LogP contribution in [-0.2, 0) is 4.74 Å². The van der Waals surface area contributed by atoms with Gasteiger partial charge in [-0.2, -0.15) is 0 Å². The molecule has 2 saturated heterocycles. The molecule has 0 spiro atoms. The number of benzene rings is 1. The van der Waals surface area contributed by atoms with E-state index in [1.165, 1.54) is 5.56 Å². The lowest BCUT2D eigenvalue weighted by atomic mass is 9.89. The summed E-state index contributed by atoms with van der Waals surface area (Å²) in [5.74, 6) is 1.69. The Labute approximate surface area is 159 Å². The Morgan fingerprint density at radius 2 is 1.70 bits per heavy atom. The molecule has 1 aromatic carbocycles. The molecule has 2 aromatic rings. The Balaban J connectivity index is 1.35. The van der Waals surface area contributed by atoms with E-state index in [2.05, 4.69) is 9.88 Å². The first-order valence-electron chi connectivity index (χ1n) is 9.57. The van der Waals surface area contributed by atoms with Crippen LogP contribution in [0.4, 0.5) is 5.82 Å². The third-order valence-electron chi connectivity index (χ3n) is 5.48. The second-order valence-corrected chi connectivity index (χ2v) is 7.16.